The number of ketones is 1. The molecule has 0 aromatic carbocycles. The lowest BCUT2D eigenvalue weighted by molar-refractivity contribution is -0.169. The van der Waals surface area contributed by atoms with E-state index in [0.29, 0.717) is 12.0 Å². The molecule has 5 atom stereocenters. The van der Waals surface area contributed by atoms with E-state index < -0.39 is 23.5 Å². The van der Waals surface area contributed by atoms with Crippen LogP contribution in [0.5, 0.6) is 0 Å². The summed E-state index contributed by atoms with van der Waals surface area (Å²) in [6, 6.07) is 0. The van der Waals surface area contributed by atoms with Crippen LogP contribution in [-0.4, -0.2) is 23.0 Å². The van der Waals surface area contributed by atoms with Crippen molar-refractivity contribution in [3.05, 3.63) is 23.2 Å². The molecule has 24 heavy (non-hydrogen) atoms. The van der Waals surface area contributed by atoms with Crippen LogP contribution in [-0.2, 0) is 9.53 Å². The Labute approximate surface area is 142 Å². The van der Waals surface area contributed by atoms with Crippen LogP contribution in [0.3, 0.4) is 0 Å². The number of fused-ring (bicyclic) bond motifs is 2. The Kier molecular flexibility index (Phi) is 4.11. The van der Waals surface area contributed by atoms with Crippen molar-refractivity contribution in [3.63, 3.8) is 0 Å². The molecule has 5 heteroatoms. The van der Waals surface area contributed by atoms with Crippen molar-refractivity contribution < 1.29 is 23.8 Å². The van der Waals surface area contributed by atoms with E-state index in [1.54, 1.807) is 13.8 Å². The molecule has 3 rings (SSSR count). The van der Waals surface area contributed by atoms with Crippen LogP contribution < -0.4 is 0 Å². The summed E-state index contributed by atoms with van der Waals surface area (Å²) in [5.74, 6) is -0.919. The van der Waals surface area contributed by atoms with Gasteiger partial charge in [-0.3, -0.25) is 9.59 Å². The highest BCUT2D eigenvalue weighted by atomic mass is 16.5. The quantitative estimate of drug-likeness (QED) is 0.838. The van der Waals surface area contributed by atoms with E-state index in [-0.39, 0.29) is 29.3 Å². The van der Waals surface area contributed by atoms with Crippen molar-refractivity contribution in [1.29, 1.82) is 0 Å². The summed E-state index contributed by atoms with van der Waals surface area (Å²) >= 11 is 0. The van der Waals surface area contributed by atoms with Crippen molar-refractivity contribution in [2.75, 3.05) is 0 Å². The van der Waals surface area contributed by atoms with Crippen molar-refractivity contribution in [2.45, 2.75) is 59.7 Å². The van der Waals surface area contributed by atoms with Crippen LogP contribution in [0.15, 0.2) is 10.7 Å². The molecule has 1 N–H and O–H groups in total. The number of hydrogen-bond acceptors (Lipinski definition) is 5. The van der Waals surface area contributed by atoms with Crippen molar-refractivity contribution >= 4 is 11.8 Å². The topological polar surface area (TPSA) is 76.7 Å². The number of rotatable bonds is 2. The first-order chi connectivity index (χ1) is 11.2. The number of carbonyl (C=O) groups excluding carboxylic acids is 2. The number of aliphatic hydroxyl groups excluding tert-OH is 1. The van der Waals surface area contributed by atoms with E-state index in [1.807, 2.05) is 13.8 Å². The Balaban J connectivity index is 2.06. The Hall–Kier alpha value is -1.62. The van der Waals surface area contributed by atoms with E-state index in [4.69, 9.17) is 9.15 Å². The summed E-state index contributed by atoms with van der Waals surface area (Å²) in [7, 11) is 0. The molecule has 0 unspecified atom stereocenters. The minimum absolute atomic E-state index is 0.137. The fraction of sp³-hybridized carbons (Fsp3) is 0.684. The third kappa shape index (κ3) is 2.25. The zero-order chi connectivity index (χ0) is 17.8. The summed E-state index contributed by atoms with van der Waals surface area (Å²) in [5.41, 5.74) is 0.722. The van der Waals surface area contributed by atoms with Gasteiger partial charge in [0, 0.05) is 11.0 Å². The monoisotopic (exact) mass is 334 g/mol. The maximum atomic E-state index is 13.1. The number of aliphatic hydroxyl groups is 1. The molecule has 1 fully saturated rings. The Morgan fingerprint density at radius 3 is 2.71 bits per heavy atom. The van der Waals surface area contributed by atoms with Gasteiger partial charge < -0.3 is 14.3 Å². The molecule has 1 heterocycles. The average molecular weight is 334 g/mol. The second-order valence-corrected chi connectivity index (χ2v) is 7.88. The van der Waals surface area contributed by atoms with Gasteiger partial charge in [-0.2, -0.15) is 0 Å². The molecule has 2 aliphatic rings. The predicted octanol–water partition coefficient (Wildman–Crippen LogP) is 3.44. The van der Waals surface area contributed by atoms with Crippen LogP contribution in [0.1, 0.15) is 68.3 Å². The molecule has 0 spiro atoms. The summed E-state index contributed by atoms with van der Waals surface area (Å²) in [6.07, 6.45) is 1.64. The second-order valence-electron chi connectivity index (χ2n) is 7.88. The van der Waals surface area contributed by atoms with Gasteiger partial charge in [0.15, 0.2) is 5.76 Å². The maximum absolute atomic E-state index is 13.1. The van der Waals surface area contributed by atoms with E-state index in [1.165, 1.54) is 6.26 Å². The standard InChI is InChI=1S/C19H26O5/c1-9(2)18(22)24-12-7-6-11(4)19(5)14(12)15(20)16-13(17(19)21)10(3)8-23-16/h8-9,11-12,14,17,21H,6-7H2,1-5H3/t11-,12-,14-,17+,19+/m0/s1. The average Bonchev–Trinajstić information content (AvgIpc) is 2.90. The zero-order valence-electron chi connectivity index (χ0n) is 15.0. The summed E-state index contributed by atoms with van der Waals surface area (Å²) in [4.78, 5) is 25.2. The zero-order valence-corrected chi connectivity index (χ0v) is 15.0. The SMILES string of the molecule is Cc1coc2c1[C@@H](O)[C@@]1(C)[C@H](C2=O)[C@@H](OC(=O)C(C)C)CC[C@@H]1C. The molecule has 0 bridgehead atoms. The van der Waals surface area contributed by atoms with Gasteiger partial charge in [-0.05, 0) is 31.2 Å². The van der Waals surface area contributed by atoms with E-state index in [2.05, 4.69) is 6.92 Å². The number of carbonyl (C=O) groups is 2. The fourth-order valence-electron chi connectivity index (χ4n) is 4.34. The Morgan fingerprint density at radius 2 is 2.08 bits per heavy atom. The van der Waals surface area contributed by atoms with Crippen molar-refractivity contribution in [1.82, 2.24) is 0 Å². The molecular weight excluding hydrogens is 308 g/mol. The van der Waals surface area contributed by atoms with E-state index >= 15 is 0 Å². The molecule has 0 aliphatic heterocycles. The van der Waals surface area contributed by atoms with Gasteiger partial charge in [0.05, 0.1) is 24.2 Å². The van der Waals surface area contributed by atoms with Gasteiger partial charge in [0.2, 0.25) is 5.78 Å². The maximum Gasteiger partial charge on any atom is 0.308 e. The smallest absolute Gasteiger partial charge is 0.308 e. The summed E-state index contributed by atoms with van der Waals surface area (Å²) in [6.45, 7) is 9.39. The molecule has 132 valence electrons. The normalized spacial score (nSPS) is 35.5. The fourth-order valence-corrected chi connectivity index (χ4v) is 4.34. The van der Waals surface area contributed by atoms with Gasteiger partial charge in [-0.25, -0.2) is 0 Å². The Morgan fingerprint density at radius 1 is 1.42 bits per heavy atom. The van der Waals surface area contributed by atoms with Crippen LogP contribution >= 0.6 is 0 Å². The predicted molar refractivity (Wildman–Crippen MR) is 87.4 cm³/mol. The molecule has 0 radical (unpaired) electrons. The van der Waals surface area contributed by atoms with Crippen molar-refractivity contribution in [2.24, 2.45) is 23.2 Å². The number of esters is 1. The van der Waals surface area contributed by atoms with Crippen molar-refractivity contribution in [3.8, 4) is 0 Å². The third-order valence-electron chi connectivity index (χ3n) is 6.12. The molecule has 2 aliphatic carbocycles. The van der Waals surface area contributed by atoms with Gasteiger partial charge in [0.25, 0.3) is 0 Å². The summed E-state index contributed by atoms with van der Waals surface area (Å²) in [5, 5.41) is 11.1. The van der Waals surface area contributed by atoms with Crippen LogP contribution in [0.4, 0.5) is 0 Å². The molecule has 1 saturated carbocycles. The lowest BCUT2D eigenvalue weighted by atomic mass is 9.53. The highest BCUT2D eigenvalue weighted by Gasteiger charge is 2.60. The first-order valence-electron chi connectivity index (χ1n) is 8.70. The first-order valence-corrected chi connectivity index (χ1v) is 8.70. The molecule has 1 aromatic rings. The van der Waals surface area contributed by atoms with Crippen LogP contribution in [0, 0.1) is 30.1 Å². The molecule has 0 amide bonds. The second kappa shape index (κ2) is 5.73. The molecular formula is C19H26O5. The van der Waals surface area contributed by atoms with E-state index in [0.717, 1.165) is 12.0 Å². The number of ether oxygens (including phenoxy) is 1. The lowest BCUT2D eigenvalue weighted by Crippen LogP contribution is -2.56. The number of hydrogen-bond donors (Lipinski definition) is 1. The third-order valence-corrected chi connectivity index (χ3v) is 6.12. The highest BCUT2D eigenvalue weighted by Crippen LogP contribution is 2.58. The number of furan rings is 1. The minimum Gasteiger partial charge on any atom is -0.461 e. The van der Waals surface area contributed by atoms with Gasteiger partial charge >= 0.3 is 5.97 Å². The Bertz CT molecular complexity index is 673. The summed E-state index contributed by atoms with van der Waals surface area (Å²) < 4.78 is 11.1. The van der Waals surface area contributed by atoms with Gasteiger partial charge in [-0.15, -0.1) is 0 Å². The first kappa shape index (κ1) is 17.2. The molecule has 5 nitrogen and oxygen atoms in total. The highest BCUT2D eigenvalue weighted by molar-refractivity contribution is 5.99. The molecule has 0 saturated heterocycles. The van der Waals surface area contributed by atoms with E-state index in [9.17, 15) is 14.7 Å². The minimum atomic E-state index is -0.801. The lowest BCUT2D eigenvalue weighted by Gasteiger charge is -2.53. The van der Waals surface area contributed by atoms with Gasteiger partial charge in [-0.1, -0.05) is 27.7 Å². The number of Topliss-reactive ketones (excluding diaryl/α,β-unsaturated/α-hetero) is 1. The number of aryl methyl sites for hydroxylation is 1. The largest absolute Gasteiger partial charge is 0.461 e. The molecule has 1 aromatic heterocycles. The van der Waals surface area contributed by atoms with Crippen LogP contribution in [0.2, 0.25) is 0 Å². The van der Waals surface area contributed by atoms with Crippen LogP contribution in [0.25, 0.3) is 0 Å². The van der Waals surface area contributed by atoms with Gasteiger partial charge in [0.1, 0.15) is 6.10 Å².